The van der Waals surface area contributed by atoms with E-state index in [0.29, 0.717) is 0 Å². The number of aromatic nitrogens is 1. The lowest BCUT2D eigenvalue weighted by Crippen LogP contribution is -2.34. The van der Waals surface area contributed by atoms with E-state index < -0.39 is 0 Å². The molecule has 1 aromatic heterocycles. The van der Waals surface area contributed by atoms with E-state index in [1.807, 2.05) is 24.0 Å². The van der Waals surface area contributed by atoms with Gasteiger partial charge in [-0.2, -0.15) is 11.8 Å². The number of piperidine rings is 1. The highest BCUT2D eigenvalue weighted by Crippen LogP contribution is 2.21. The second kappa shape index (κ2) is 6.41. The van der Waals surface area contributed by atoms with E-state index in [1.54, 1.807) is 0 Å². The van der Waals surface area contributed by atoms with Crippen LogP contribution >= 0.6 is 11.8 Å². The molecule has 0 aromatic carbocycles. The number of likely N-dealkylation sites (tertiary alicyclic amines) is 1. The zero-order valence-corrected chi connectivity index (χ0v) is 11.7. The molecule has 1 aliphatic heterocycles. The fourth-order valence-electron chi connectivity index (χ4n) is 2.44. The molecule has 1 saturated heterocycles. The first-order valence-electron chi connectivity index (χ1n) is 6.41. The van der Waals surface area contributed by atoms with Crippen molar-refractivity contribution in [3.05, 3.63) is 29.6 Å². The molecule has 2 nitrogen and oxygen atoms in total. The first-order chi connectivity index (χ1) is 8.29. The molecule has 2 rings (SSSR count). The predicted molar refractivity (Wildman–Crippen MR) is 75.4 cm³/mol. The van der Waals surface area contributed by atoms with Crippen LogP contribution in [0.5, 0.6) is 0 Å². The van der Waals surface area contributed by atoms with Gasteiger partial charge in [0.2, 0.25) is 0 Å². The van der Waals surface area contributed by atoms with Crippen molar-refractivity contribution in [3.63, 3.8) is 0 Å². The van der Waals surface area contributed by atoms with Crippen LogP contribution in [0.25, 0.3) is 0 Å². The van der Waals surface area contributed by atoms with Crippen LogP contribution in [0.4, 0.5) is 0 Å². The van der Waals surface area contributed by atoms with Gasteiger partial charge in [-0.1, -0.05) is 6.07 Å². The molecular formula is C14H22N2S. The molecular weight excluding hydrogens is 228 g/mol. The van der Waals surface area contributed by atoms with Crippen molar-refractivity contribution in [1.29, 1.82) is 0 Å². The maximum Gasteiger partial charge on any atom is 0.0573 e. The Morgan fingerprint density at radius 3 is 2.82 bits per heavy atom. The second-order valence-electron chi connectivity index (χ2n) is 4.94. The number of aryl methyl sites for hydroxylation is 1. The summed E-state index contributed by atoms with van der Waals surface area (Å²) in [6.07, 6.45) is 6.83. The molecule has 1 aromatic rings. The number of nitrogens with zero attached hydrogens (tertiary/aromatic N) is 2. The Bertz CT molecular complexity index is 346. The van der Waals surface area contributed by atoms with E-state index in [1.165, 1.54) is 42.9 Å². The highest BCUT2D eigenvalue weighted by molar-refractivity contribution is 7.98. The maximum atomic E-state index is 4.48. The highest BCUT2D eigenvalue weighted by atomic mass is 32.2. The van der Waals surface area contributed by atoms with Crippen LogP contribution in [0, 0.1) is 12.8 Å². The largest absolute Gasteiger partial charge is 0.297 e. The molecule has 0 amide bonds. The normalized spacial score (nSPS) is 18.5. The third-order valence-corrected chi connectivity index (χ3v) is 4.41. The molecule has 0 radical (unpaired) electrons. The van der Waals surface area contributed by atoms with Crippen molar-refractivity contribution in [2.24, 2.45) is 5.92 Å². The van der Waals surface area contributed by atoms with Gasteiger partial charge < -0.3 is 0 Å². The number of hydrogen-bond acceptors (Lipinski definition) is 3. The standard InChI is InChI=1S/C14H22N2S/c1-12-4-3-7-15-14(12)10-16-8-5-13(6-9-16)11-17-2/h3-4,7,13H,5-6,8-11H2,1-2H3. The van der Waals surface area contributed by atoms with Crippen LogP contribution in [0.2, 0.25) is 0 Å². The fourth-order valence-corrected chi connectivity index (χ4v) is 3.25. The van der Waals surface area contributed by atoms with Gasteiger partial charge in [0, 0.05) is 12.7 Å². The van der Waals surface area contributed by atoms with Gasteiger partial charge >= 0.3 is 0 Å². The zero-order chi connectivity index (χ0) is 12.1. The van der Waals surface area contributed by atoms with E-state index >= 15 is 0 Å². The van der Waals surface area contributed by atoms with Crippen LogP contribution in [0.3, 0.4) is 0 Å². The Morgan fingerprint density at radius 1 is 1.41 bits per heavy atom. The second-order valence-corrected chi connectivity index (χ2v) is 5.85. The molecule has 0 N–H and O–H groups in total. The third-order valence-electron chi connectivity index (χ3n) is 3.60. The van der Waals surface area contributed by atoms with Crippen LogP contribution in [0.1, 0.15) is 24.1 Å². The molecule has 0 saturated carbocycles. The van der Waals surface area contributed by atoms with E-state index in [4.69, 9.17) is 0 Å². The summed E-state index contributed by atoms with van der Waals surface area (Å²) in [6.45, 7) is 5.66. The highest BCUT2D eigenvalue weighted by Gasteiger charge is 2.19. The summed E-state index contributed by atoms with van der Waals surface area (Å²) < 4.78 is 0. The Balaban J connectivity index is 1.84. The Hall–Kier alpha value is -0.540. The number of hydrogen-bond donors (Lipinski definition) is 0. The van der Waals surface area contributed by atoms with Gasteiger partial charge in [-0.3, -0.25) is 9.88 Å². The molecule has 1 fully saturated rings. The van der Waals surface area contributed by atoms with Gasteiger partial charge in [0.05, 0.1) is 5.69 Å². The van der Waals surface area contributed by atoms with Gasteiger partial charge in [0.1, 0.15) is 0 Å². The molecule has 1 aliphatic rings. The summed E-state index contributed by atoms with van der Waals surface area (Å²) in [5.74, 6) is 2.27. The Labute approximate surface area is 109 Å². The first kappa shape index (κ1) is 12.9. The van der Waals surface area contributed by atoms with Crippen LogP contribution in [-0.4, -0.2) is 35.0 Å². The molecule has 17 heavy (non-hydrogen) atoms. The molecule has 0 spiro atoms. The van der Waals surface area contributed by atoms with Crippen molar-refractivity contribution in [2.75, 3.05) is 25.1 Å². The maximum absolute atomic E-state index is 4.48. The number of thioether (sulfide) groups is 1. The lowest BCUT2D eigenvalue weighted by Gasteiger charge is -2.31. The van der Waals surface area contributed by atoms with Crippen molar-refractivity contribution in [1.82, 2.24) is 9.88 Å². The zero-order valence-electron chi connectivity index (χ0n) is 10.9. The minimum Gasteiger partial charge on any atom is -0.297 e. The monoisotopic (exact) mass is 250 g/mol. The van der Waals surface area contributed by atoms with Crippen LogP contribution in [-0.2, 0) is 6.54 Å². The summed E-state index contributed by atoms with van der Waals surface area (Å²) >= 11 is 1.98. The summed E-state index contributed by atoms with van der Waals surface area (Å²) in [7, 11) is 0. The Morgan fingerprint density at radius 2 is 2.18 bits per heavy atom. The summed E-state index contributed by atoms with van der Waals surface area (Å²) in [6, 6.07) is 4.17. The lowest BCUT2D eigenvalue weighted by molar-refractivity contribution is 0.185. The number of pyridine rings is 1. The van der Waals surface area contributed by atoms with E-state index in [9.17, 15) is 0 Å². The van der Waals surface area contributed by atoms with E-state index in [0.717, 1.165) is 12.5 Å². The molecule has 0 bridgehead atoms. The van der Waals surface area contributed by atoms with E-state index in [2.05, 4.69) is 29.1 Å². The molecule has 0 aliphatic carbocycles. The minimum atomic E-state index is 0.936. The van der Waals surface area contributed by atoms with Crippen molar-refractivity contribution < 1.29 is 0 Å². The van der Waals surface area contributed by atoms with Gasteiger partial charge in [-0.15, -0.1) is 0 Å². The average Bonchev–Trinajstić information content (AvgIpc) is 2.35. The van der Waals surface area contributed by atoms with Crippen LogP contribution < -0.4 is 0 Å². The van der Waals surface area contributed by atoms with Gasteiger partial charge in [-0.25, -0.2) is 0 Å². The average molecular weight is 250 g/mol. The molecule has 94 valence electrons. The number of rotatable bonds is 4. The van der Waals surface area contributed by atoms with Gasteiger partial charge in [0.15, 0.2) is 0 Å². The topological polar surface area (TPSA) is 16.1 Å². The minimum absolute atomic E-state index is 0.936. The molecule has 0 unspecified atom stereocenters. The quantitative estimate of drug-likeness (QED) is 0.817. The predicted octanol–water partition coefficient (Wildman–Crippen LogP) is 2.97. The van der Waals surface area contributed by atoms with Crippen molar-refractivity contribution >= 4 is 11.8 Å². The molecule has 0 atom stereocenters. The van der Waals surface area contributed by atoms with Crippen molar-refractivity contribution in [2.45, 2.75) is 26.3 Å². The summed E-state index contributed by atoms with van der Waals surface area (Å²) in [5.41, 5.74) is 2.56. The van der Waals surface area contributed by atoms with E-state index in [-0.39, 0.29) is 0 Å². The van der Waals surface area contributed by atoms with Gasteiger partial charge in [0.25, 0.3) is 0 Å². The molecule has 2 heterocycles. The molecule has 3 heteroatoms. The first-order valence-corrected chi connectivity index (χ1v) is 7.80. The summed E-state index contributed by atoms with van der Waals surface area (Å²) in [5, 5.41) is 0. The summed E-state index contributed by atoms with van der Waals surface area (Å²) in [4.78, 5) is 7.03. The van der Waals surface area contributed by atoms with Crippen LogP contribution in [0.15, 0.2) is 18.3 Å². The SMILES string of the molecule is CSCC1CCN(Cc2ncccc2C)CC1. The third kappa shape index (κ3) is 3.71. The van der Waals surface area contributed by atoms with Crippen molar-refractivity contribution in [3.8, 4) is 0 Å². The lowest BCUT2D eigenvalue weighted by atomic mass is 9.98. The van der Waals surface area contributed by atoms with Gasteiger partial charge in [-0.05, 0) is 62.4 Å². The fraction of sp³-hybridized carbons (Fsp3) is 0.643. The Kier molecular flexibility index (Phi) is 4.86. The smallest absolute Gasteiger partial charge is 0.0573 e.